The zero-order valence-corrected chi connectivity index (χ0v) is 13.1. The lowest BCUT2D eigenvalue weighted by atomic mass is 10.2. The standard InChI is InChI=1S/C17H17NO3S/c1-21-15-9-7-14(8-10-15)18-17(20)12-22-11-16(19)13-5-3-2-4-6-13/h2-10H,11-12H2,1H3,(H,18,20). The maximum absolute atomic E-state index is 11.9. The first-order chi connectivity index (χ1) is 10.7. The number of ether oxygens (including phenoxy) is 1. The lowest BCUT2D eigenvalue weighted by molar-refractivity contribution is -0.113. The highest BCUT2D eigenvalue weighted by Gasteiger charge is 2.08. The molecule has 0 aliphatic rings. The van der Waals surface area contributed by atoms with Gasteiger partial charge in [0.2, 0.25) is 5.91 Å². The molecule has 2 aromatic rings. The monoisotopic (exact) mass is 315 g/mol. The van der Waals surface area contributed by atoms with Crippen LogP contribution in [-0.2, 0) is 4.79 Å². The second kappa shape index (κ2) is 8.24. The van der Waals surface area contributed by atoms with Crippen molar-refractivity contribution in [2.75, 3.05) is 23.9 Å². The number of thioether (sulfide) groups is 1. The van der Waals surface area contributed by atoms with Crippen LogP contribution in [0.5, 0.6) is 5.75 Å². The molecule has 1 amide bonds. The van der Waals surface area contributed by atoms with E-state index in [1.807, 2.05) is 18.2 Å². The Labute approximate surface area is 133 Å². The molecular formula is C17H17NO3S. The maximum atomic E-state index is 11.9. The summed E-state index contributed by atoms with van der Waals surface area (Å²) in [5.74, 6) is 1.17. The number of anilines is 1. The Morgan fingerprint density at radius 2 is 1.68 bits per heavy atom. The Bertz CT molecular complexity index is 626. The Morgan fingerprint density at radius 1 is 1.00 bits per heavy atom. The van der Waals surface area contributed by atoms with Crippen LogP contribution in [0.4, 0.5) is 5.69 Å². The van der Waals surface area contributed by atoms with Gasteiger partial charge in [0.1, 0.15) is 5.75 Å². The number of carbonyl (C=O) groups is 2. The number of Topliss-reactive ketones (excluding diaryl/α,β-unsaturated/α-hetero) is 1. The van der Waals surface area contributed by atoms with E-state index in [1.54, 1.807) is 43.5 Å². The smallest absolute Gasteiger partial charge is 0.234 e. The molecule has 2 aromatic carbocycles. The molecule has 0 heterocycles. The molecule has 0 saturated carbocycles. The second-order valence-electron chi connectivity index (χ2n) is 4.56. The average molecular weight is 315 g/mol. The van der Waals surface area contributed by atoms with Crippen LogP contribution in [0.25, 0.3) is 0 Å². The lowest BCUT2D eigenvalue weighted by Crippen LogP contribution is -2.15. The molecule has 0 fully saturated rings. The Morgan fingerprint density at radius 3 is 2.32 bits per heavy atom. The SMILES string of the molecule is COc1ccc(NC(=O)CSCC(=O)c2ccccc2)cc1. The average Bonchev–Trinajstić information content (AvgIpc) is 2.56. The highest BCUT2D eigenvalue weighted by Crippen LogP contribution is 2.15. The molecule has 0 saturated heterocycles. The second-order valence-corrected chi connectivity index (χ2v) is 5.54. The minimum absolute atomic E-state index is 0.0304. The maximum Gasteiger partial charge on any atom is 0.234 e. The molecule has 0 spiro atoms. The fourth-order valence-corrected chi connectivity index (χ4v) is 2.53. The van der Waals surface area contributed by atoms with Gasteiger partial charge in [0.25, 0.3) is 0 Å². The summed E-state index contributed by atoms with van der Waals surface area (Å²) >= 11 is 1.30. The molecule has 1 N–H and O–H groups in total. The molecule has 4 nitrogen and oxygen atoms in total. The molecule has 5 heteroatoms. The van der Waals surface area contributed by atoms with E-state index in [1.165, 1.54) is 11.8 Å². The van der Waals surface area contributed by atoms with E-state index < -0.39 is 0 Å². The summed E-state index contributed by atoms with van der Waals surface area (Å²) in [6.07, 6.45) is 0. The van der Waals surface area contributed by atoms with E-state index >= 15 is 0 Å². The summed E-state index contributed by atoms with van der Waals surface area (Å²) in [7, 11) is 1.59. The molecule has 2 rings (SSSR count). The van der Waals surface area contributed by atoms with Gasteiger partial charge in [-0.15, -0.1) is 11.8 Å². The fraction of sp³-hybridized carbons (Fsp3) is 0.176. The summed E-state index contributed by atoms with van der Waals surface area (Å²) in [5.41, 5.74) is 1.38. The summed E-state index contributed by atoms with van der Waals surface area (Å²) in [5, 5.41) is 2.78. The number of carbonyl (C=O) groups excluding carboxylic acids is 2. The zero-order chi connectivity index (χ0) is 15.8. The van der Waals surface area contributed by atoms with E-state index in [2.05, 4.69) is 5.32 Å². The van der Waals surface area contributed by atoms with Gasteiger partial charge in [-0.3, -0.25) is 9.59 Å². The van der Waals surface area contributed by atoms with Crippen molar-refractivity contribution in [2.24, 2.45) is 0 Å². The number of benzene rings is 2. The third-order valence-corrected chi connectivity index (χ3v) is 3.87. The Kier molecular flexibility index (Phi) is 6.03. The predicted molar refractivity (Wildman–Crippen MR) is 89.7 cm³/mol. The van der Waals surface area contributed by atoms with Crippen molar-refractivity contribution in [3.63, 3.8) is 0 Å². The molecule has 0 unspecified atom stereocenters. The van der Waals surface area contributed by atoms with Crippen LogP contribution < -0.4 is 10.1 Å². The highest BCUT2D eigenvalue weighted by molar-refractivity contribution is 8.00. The normalized spacial score (nSPS) is 10.0. The number of amides is 1. The molecule has 0 aliphatic heterocycles. The molecule has 114 valence electrons. The van der Waals surface area contributed by atoms with Crippen molar-refractivity contribution in [3.8, 4) is 5.75 Å². The van der Waals surface area contributed by atoms with Crippen molar-refractivity contribution in [3.05, 3.63) is 60.2 Å². The zero-order valence-electron chi connectivity index (χ0n) is 12.2. The summed E-state index contributed by atoms with van der Waals surface area (Å²) in [6, 6.07) is 16.2. The quantitative estimate of drug-likeness (QED) is 0.797. The molecule has 0 aromatic heterocycles. The van der Waals surface area contributed by atoms with Gasteiger partial charge in [-0.1, -0.05) is 30.3 Å². The summed E-state index contributed by atoms with van der Waals surface area (Å²) in [4.78, 5) is 23.7. The summed E-state index contributed by atoms with van der Waals surface area (Å²) in [6.45, 7) is 0. The van der Waals surface area contributed by atoms with Crippen molar-refractivity contribution in [2.45, 2.75) is 0 Å². The van der Waals surface area contributed by atoms with Crippen molar-refractivity contribution in [1.82, 2.24) is 0 Å². The third-order valence-electron chi connectivity index (χ3n) is 2.94. The molecule has 22 heavy (non-hydrogen) atoms. The minimum atomic E-state index is -0.129. The first kappa shape index (κ1) is 16.1. The Hall–Kier alpha value is -2.27. The molecule has 0 atom stereocenters. The third kappa shape index (κ3) is 4.93. The van der Waals surface area contributed by atoms with E-state index in [4.69, 9.17) is 4.74 Å². The van der Waals surface area contributed by atoms with E-state index in [0.29, 0.717) is 17.0 Å². The van der Waals surface area contributed by atoms with Crippen LogP contribution in [0, 0.1) is 0 Å². The first-order valence-corrected chi connectivity index (χ1v) is 7.94. The minimum Gasteiger partial charge on any atom is -0.497 e. The van der Waals surface area contributed by atoms with Gasteiger partial charge in [-0.25, -0.2) is 0 Å². The number of hydrogen-bond acceptors (Lipinski definition) is 4. The predicted octanol–water partition coefficient (Wildman–Crippen LogP) is 3.25. The van der Waals surface area contributed by atoms with E-state index in [0.717, 1.165) is 5.75 Å². The van der Waals surface area contributed by atoms with Crippen LogP contribution in [0.2, 0.25) is 0 Å². The van der Waals surface area contributed by atoms with E-state index in [-0.39, 0.29) is 17.4 Å². The van der Waals surface area contributed by atoms with Crippen LogP contribution in [-0.4, -0.2) is 30.3 Å². The van der Waals surface area contributed by atoms with Crippen LogP contribution in [0.1, 0.15) is 10.4 Å². The number of nitrogens with one attached hydrogen (secondary N) is 1. The van der Waals surface area contributed by atoms with Gasteiger partial charge in [-0.05, 0) is 24.3 Å². The van der Waals surface area contributed by atoms with Crippen molar-refractivity contribution < 1.29 is 14.3 Å². The largest absolute Gasteiger partial charge is 0.497 e. The number of methoxy groups -OCH3 is 1. The van der Waals surface area contributed by atoms with Gasteiger partial charge in [0.05, 0.1) is 18.6 Å². The first-order valence-electron chi connectivity index (χ1n) is 6.79. The molecular weight excluding hydrogens is 298 g/mol. The van der Waals surface area contributed by atoms with Crippen LogP contribution in [0.3, 0.4) is 0 Å². The van der Waals surface area contributed by atoms with Crippen molar-refractivity contribution >= 4 is 29.1 Å². The number of rotatable bonds is 7. The lowest BCUT2D eigenvalue weighted by Gasteiger charge is -2.06. The van der Waals surface area contributed by atoms with E-state index in [9.17, 15) is 9.59 Å². The topological polar surface area (TPSA) is 55.4 Å². The highest BCUT2D eigenvalue weighted by atomic mass is 32.2. The summed E-state index contributed by atoms with van der Waals surface area (Å²) < 4.78 is 5.05. The Balaban J connectivity index is 1.74. The van der Waals surface area contributed by atoms with Crippen LogP contribution in [0.15, 0.2) is 54.6 Å². The molecule has 0 bridgehead atoms. The fourth-order valence-electron chi connectivity index (χ4n) is 1.82. The number of hydrogen-bond donors (Lipinski definition) is 1. The molecule has 0 radical (unpaired) electrons. The van der Waals surface area contributed by atoms with Gasteiger partial charge in [0.15, 0.2) is 5.78 Å². The van der Waals surface area contributed by atoms with Crippen molar-refractivity contribution in [1.29, 1.82) is 0 Å². The molecule has 0 aliphatic carbocycles. The van der Waals surface area contributed by atoms with Gasteiger partial charge in [0, 0.05) is 11.3 Å². The number of ketones is 1. The van der Waals surface area contributed by atoms with Crippen LogP contribution >= 0.6 is 11.8 Å². The van der Waals surface area contributed by atoms with Gasteiger partial charge >= 0.3 is 0 Å². The van der Waals surface area contributed by atoms with Gasteiger partial charge < -0.3 is 10.1 Å². The van der Waals surface area contributed by atoms with Gasteiger partial charge in [-0.2, -0.15) is 0 Å².